The first kappa shape index (κ1) is 27.9. The van der Waals surface area contributed by atoms with Crippen molar-refractivity contribution in [3.8, 4) is 0 Å². The molecule has 3 nitrogen and oxygen atoms in total. The average Bonchev–Trinajstić information content (AvgIpc) is 2.94. The van der Waals surface area contributed by atoms with E-state index in [1.807, 2.05) is 50.3 Å². The first-order valence-corrected chi connectivity index (χ1v) is 13.2. The van der Waals surface area contributed by atoms with Crippen LogP contribution in [0.2, 0.25) is 0 Å². The van der Waals surface area contributed by atoms with E-state index in [0.29, 0.717) is 5.46 Å². The van der Waals surface area contributed by atoms with E-state index in [2.05, 4.69) is 92.6 Å². The molecule has 1 aliphatic rings. The van der Waals surface area contributed by atoms with Crippen molar-refractivity contribution >= 4 is 40.8 Å². The van der Waals surface area contributed by atoms with Gasteiger partial charge in [-0.1, -0.05) is 106 Å². The van der Waals surface area contributed by atoms with Crippen LogP contribution in [0.15, 0.2) is 122 Å². The Morgan fingerprint density at radius 1 is 0.846 bits per heavy atom. The Kier molecular flexibility index (Phi) is 8.40. The van der Waals surface area contributed by atoms with Gasteiger partial charge in [-0.2, -0.15) is 0 Å². The van der Waals surface area contributed by atoms with Crippen molar-refractivity contribution in [1.82, 2.24) is 0 Å². The minimum absolute atomic E-state index is 0.340. The van der Waals surface area contributed by atoms with Crippen LogP contribution in [0, 0.1) is 0 Å². The Hall–Kier alpha value is -4.12. The smallest absolute Gasteiger partial charge is 0.423 e. The number of rotatable bonds is 8. The molecule has 4 rings (SSSR count). The lowest BCUT2D eigenvalue weighted by atomic mass is 9.70. The van der Waals surface area contributed by atoms with Gasteiger partial charge in [-0.3, -0.25) is 0 Å². The highest BCUT2D eigenvalue weighted by molar-refractivity contribution is 6.58. The van der Waals surface area contributed by atoms with Crippen molar-refractivity contribution in [3.63, 3.8) is 0 Å². The van der Waals surface area contributed by atoms with Crippen molar-refractivity contribution in [2.45, 2.75) is 33.1 Å². The molecule has 3 aromatic carbocycles. The molecule has 39 heavy (non-hydrogen) atoms. The molecule has 0 unspecified atom stereocenters. The van der Waals surface area contributed by atoms with Gasteiger partial charge in [0.05, 0.1) is 11.4 Å². The van der Waals surface area contributed by atoms with E-state index in [4.69, 9.17) is 0 Å². The number of nitrogens with zero attached hydrogens (tertiary/aromatic N) is 1. The topological polar surface area (TPSA) is 43.7 Å². The molecule has 0 spiro atoms. The summed E-state index contributed by atoms with van der Waals surface area (Å²) in [6.45, 7) is 16.3. The Morgan fingerprint density at radius 3 is 2.18 bits per heavy atom. The molecule has 2 N–H and O–H groups in total. The molecule has 0 atom stereocenters. The van der Waals surface area contributed by atoms with Crippen molar-refractivity contribution in [2.75, 3.05) is 4.90 Å². The highest BCUT2D eigenvalue weighted by atomic mass is 16.4. The first-order chi connectivity index (χ1) is 18.8. The molecule has 0 radical (unpaired) electrons. The standard InChI is InChI=1S/C35H36BNO2/c1-7-11-15-25(9-3)27-21-28(26(10-4)16-12-8-2)23-30(22-27)37-33-18-14-13-17-31(33)35(5,6)32-24-29(36(38)39)19-20-34(32)37/h7-24,38-39H,1,4H2,2-3,5-6H3/b12-8-,15-11-,25-9+,26-16+. The molecule has 0 amide bonds. The summed E-state index contributed by atoms with van der Waals surface area (Å²) in [6, 6.07) is 20.7. The number of anilines is 3. The maximum atomic E-state index is 9.97. The minimum Gasteiger partial charge on any atom is -0.423 e. The SMILES string of the molecule is C=C/C=C\C(=C/C)c1cc(/C(C=C)=C/C=C\C)cc(N2c3ccccc3C(C)(C)c3cc(B(O)O)ccc32)c1. The van der Waals surface area contributed by atoms with Crippen molar-refractivity contribution < 1.29 is 10.0 Å². The van der Waals surface area contributed by atoms with E-state index in [1.165, 1.54) is 5.56 Å². The molecule has 0 saturated carbocycles. The zero-order valence-electron chi connectivity index (χ0n) is 23.2. The fourth-order valence-corrected chi connectivity index (χ4v) is 5.25. The molecule has 0 saturated heterocycles. The largest absolute Gasteiger partial charge is 0.488 e. The maximum absolute atomic E-state index is 9.97. The summed E-state index contributed by atoms with van der Waals surface area (Å²) in [5.74, 6) is 0. The molecule has 0 aliphatic carbocycles. The van der Waals surface area contributed by atoms with Gasteiger partial charge in [0.25, 0.3) is 0 Å². The van der Waals surface area contributed by atoms with E-state index < -0.39 is 7.12 Å². The van der Waals surface area contributed by atoms with Crippen LogP contribution in [0.25, 0.3) is 11.1 Å². The molecule has 1 heterocycles. The van der Waals surface area contributed by atoms with Crippen LogP contribution in [0.1, 0.15) is 49.9 Å². The molecular weight excluding hydrogens is 477 g/mol. The molecule has 196 valence electrons. The number of fused-ring (bicyclic) bond motifs is 2. The van der Waals surface area contributed by atoms with Gasteiger partial charge >= 0.3 is 7.12 Å². The Bertz CT molecular complexity index is 1520. The maximum Gasteiger partial charge on any atom is 0.488 e. The third-order valence-corrected chi connectivity index (χ3v) is 7.30. The molecule has 0 aromatic heterocycles. The quantitative estimate of drug-likeness (QED) is 0.239. The second-order valence-corrected chi connectivity index (χ2v) is 10.1. The first-order valence-electron chi connectivity index (χ1n) is 13.2. The van der Waals surface area contributed by atoms with Gasteiger partial charge in [-0.25, -0.2) is 0 Å². The molecule has 0 bridgehead atoms. The van der Waals surface area contributed by atoms with Crippen molar-refractivity contribution in [3.05, 3.63) is 145 Å². The van der Waals surface area contributed by atoms with E-state index in [1.54, 1.807) is 12.1 Å². The summed E-state index contributed by atoms with van der Waals surface area (Å²) < 4.78 is 0. The fourth-order valence-electron chi connectivity index (χ4n) is 5.25. The van der Waals surface area contributed by atoms with Crippen LogP contribution in [-0.2, 0) is 5.41 Å². The number of para-hydroxylation sites is 1. The Morgan fingerprint density at radius 2 is 1.54 bits per heavy atom. The molecule has 0 fully saturated rings. The molecule has 1 aliphatic heterocycles. The average molecular weight is 513 g/mol. The highest BCUT2D eigenvalue weighted by Crippen LogP contribution is 2.52. The van der Waals surface area contributed by atoms with Crippen LogP contribution in [0.3, 0.4) is 0 Å². The van der Waals surface area contributed by atoms with Crippen LogP contribution >= 0.6 is 0 Å². The summed E-state index contributed by atoms with van der Waals surface area (Å²) in [5, 5.41) is 19.9. The minimum atomic E-state index is -1.53. The molecule has 4 heteroatoms. The lowest BCUT2D eigenvalue weighted by molar-refractivity contribution is 0.425. The fraction of sp³-hybridized carbons (Fsp3) is 0.143. The highest BCUT2D eigenvalue weighted by Gasteiger charge is 2.37. The van der Waals surface area contributed by atoms with Crippen LogP contribution in [0.4, 0.5) is 17.1 Å². The normalized spacial score (nSPS) is 14.9. The predicted octanol–water partition coefficient (Wildman–Crippen LogP) is 7.77. The van der Waals surface area contributed by atoms with Gasteiger partial charge in [0.2, 0.25) is 0 Å². The molecular formula is C35H36BNO2. The van der Waals surface area contributed by atoms with Crippen molar-refractivity contribution in [2.24, 2.45) is 0 Å². The van der Waals surface area contributed by atoms with E-state index in [0.717, 1.165) is 44.9 Å². The summed E-state index contributed by atoms with van der Waals surface area (Å²) in [4.78, 5) is 2.28. The predicted molar refractivity (Wildman–Crippen MR) is 169 cm³/mol. The lowest BCUT2D eigenvalue weighted by Gasteiger charge is -2.42. The Labute approximate surface area is 233 Å². The second-order valence-electron chi connectivity index (χ2n) is 10.1. The van der Waals surface area contributed by atoms with E-state index in [9.17, 15) is 10.0 Å². The third kappa shape index (κ3) is 5.40. The van der Waals surface area contributed by atoms with E-state index in [-0.39, 0.29) is 5.41 Å². The zero-order valence-corrected chi connectivity index (χ0v) is 23.2. The second kappa shape index (κ2) is 11.7. The summed E-state index contributed by atoms with van der Waals surface area (Å²) in [6.07, 6.45) is 15.9. The third-order valence-electron chi connectivity index (χ3n) is 7.30. The number of benzene rings is 3. The Balaban J connectivity index is 2.06. The van der Waals surface area contributed by atoms with Gasteiger partial charge in [-0.15, -0.1) is 0 Å². The summed E-state index contributed by atoms with van der Waals surface area (Å²) in [7, 11) is -1.53. The van der Waals surface area contributed by atoms with Gasteiger partial charge in [0.1, 0.15) is 0 Å². The van der Waals surface area contributed by atoms with Crippen molar-refractivity contribution in [1.29, 1.82) is 0 Å². The number of hydrogen-bond acceptors (Lipinski definition) is 3. The van der Waals surface area contributed by atoms with Crippen LogP contribution in [0.5, 0.6) is 0 Å². The van der Waals surface area contributed by atoms with Crippen LogP contribution in [-0.4, -0.2) is 17.2 Å². The summed E-state index contributed by atoms with van der Waals surface area (Å²) in [5.41, 5.74) is 9.66. The number of allylic oxidation sites excluding steroid dienone is 10. The molecule has 3 aromatic rings. The monoisotopic (exact) mass is 513 g/mol. The van der Waals surface area contributed by atoms with E-state index >= 15 is 0 Å². The van der Waals surface area contributed by atoms with Gasteiger partial charge in [0, 0.05) is 11.1 Å². The van der Waals surface area contributed by atoms with Gasteiger partial charge in [0.15, 0.2) is 0 Å². The lowest BCUT2D eigenvalue weighted by Crippen LogP contribution is -2.35. The van der Waals surface area contributed by atoms with Crippen LogP contribution < -0.4 is 10.4 Å². The zero-order chi connectivity index (χ0) is 28.2. The summed E-state index contributed by atoms with van der Waals surface area (Å²) >= 11 is 0. The number of hydrogen-bond donors (Lipinski definition) is 2. The van der Waals surface area contributed by atoms with Gasteiger partial charge in [-0.05, 0) is 83.0 Å². The van der Waals surface area contributed by atoms with Gasteiger partial charge < -0.3 is 14.9 Å².